The Hall–Kier alpha value is -2.04. The summed E-state index contributed by atoms with van der Waals surface area (Å²) in [7, 11) is 1.37. The molecule has 2 rings (SSSR count). The first-order valence-corrected chi connectivity index (χ1v) is 6.26. The molecule has 0 aromatic heterocycles. The third kappa shape index (κ3) is 2.54. The second-order valence-corrected chi connectivity index (χ2v) is 4.90. The van der Waals surface area contributed by atoms with E-state index in [9.17, 15) is 9.59 Å². The number of methoxy groups -OCH3 is 1. The van der Waals surface area contributed by atoms with Gasteiger partial charge in [-0.15, -0.1) is 0 Å². The number of nitrogens with zero attached hydrogens (tertiary/aromatic N) is 1. The number of carbonyl (C=O) groups is 2. The molecule has 2 unspecified atom stereocenters. The average molecular weight is 262 g/mol. The fraction of sp³-hybridized carbons (Fsp3) is 0.429. The van der Waals surface area contributed by atoms with Crippen LogP contribution in [0.25, 0.3) is 0 Å². The topological polar surface area (TPSA) is 72.6 Å². The van der Waals surface area contributed by atoms with E-state index < -0.39 is 0 Å². The quantitative estimate of drug-likeness (QED) is 0.641. The third-order valence-corrected chi connectivity index (χ3v) is 3.59. The number of likely N-dealkylation sites (tertiary alicyclic amines) is 1. The first kappa shape index (κ1) is 13.4. The summed E-state index contributed by atoms with van der Waals surface area (Å²) in [5.41, 5.74) is 6.75. The Kier molecular flexibility index (Phi) is 3.74. The molecule has 2 N–H and O–H groups in total. The van der Waals surface area contributed by atoms with Gasteiger partial charge in [0.05, 0.1) is 18.6 Å². The molecule has 5 heteroatoms. The van der Waals surface area contributed by atoms with Gasteiger partial charge in [0.1, 0.15) is 0 Å². The van der Waals surface area contributed by atoms with Crippen molar-refractivity contribution < 1.29 is 14.3 Å². The lowest BCUT2D eigenvalue weighted by Gasteiger charge is -2.17. The van der Waals surface area contributed by atoms with Crippen LogP contribution in [0.1, 0.15) is 17.3 Å². The Labute approximate surface area is 112 Å². The molecule has 1 aliphatic rings. The minimum Gasteiger partial charge on any atom is -0.469 e. The molecule has 0 bridgehead atoms. The van der Waals surface area contributed by atoms with Crippen molar-refractivity contribution in [2.75, 3.05) is 25.9 Å². The molecular formula is C14H18N2O3. The summed E-state index contributed by atoms with van der Waals surface area (Å²) in [6.45, 7) is 2.89. The van der Waals surface area contributed by atoms with Crippen molar-refractivity contribution in [2.24, 2.45) is 11.8 Å². The number of rotatable bonds is 2. The Balaban J connectivity index is 2.15. The van der Waals surface area contributed by atoms with Crippen LogP contribution >= 0.6 is 0 Å². The van der Waals surface area contributed by atoms with Crippen LogP contribution in [-0.2, 0) is 9.53 Å². The molecule has 1 aromatic carbocycles. The first-order valence-electron chi connectivity index (χ1n) is 6.26. The molecule has 19 heavy (non-hydrogen) atoms. The number of benzene rings is 1. The molecule has 0 saturated carbocycles. The maximum Gasteiger partial charge on any atom is 0.310 e. The van der Waals surface area contributed by atoms with E-state index in [2.05, 4.69) is 0 Å². The Morgan fingerprint density at radius 3 is 2.63 bits per heavy atom. The number of hydrogen-bond donors (Lipinski definition) is 1. The van der Waals surface area contributed by atoms with Crippen LogP contribution in [0.3, 0.4) is 0 Å². The van der Waals surface area contributed by atoms with E-state index >= 15 is 0 Å². The second kappa shape index (κ2) is 5.30. The van der Waals surface area contributed by atoms with Gasteiger partial charge in [-0.05, 0) is 18.1 Å². The van der Waals surface area contributed by atoms with Crippen molar-refractivity contribution in [2.45, 2.75) is 6.92 Å². The molecule has 1 fully saturated rings. The summed E-state index contributed by atoms with van der Waals surface area (Å²) in [5.74, 6) is -0.541. The van der Waals surface area contributed by atoms with Gasteiger partial charge in [0, 0.05) is 18.8 Å². The maximum atomic E-state index is 12.4. The molecule has 102 valence electrons. The van der Waals surface area contributed by atoms with Crippen LogP contribution in [0.15, 0.2) is 24.3 Å². The molecule has 1 amide bonds. The monoisotopic (exact) mass is 262 g/mol. The molecule has 1 saturated heterocycles. The molecule has 1 aliphatic heterocycles. The number of carbonyl (C=O) groups excluding carboxylic acids is 2. The van der Waals surface area contributed by atoms with Gasteiger partial charge in [0.15, 0.2) is 0 Å². The Morgan fingerprint density at radius 1 is 1.32 bits per heavy atom. The third-order valence-electron chi connectivity index (χ3n) is 3.59. The SMILES string of the molecule is COC(=O)C1CN(C(=O)c2ccccc2N)CC1C. The van der Waals surface area contributed by atoms with Gasteiger partial charge >= 0.3 is 5.97 Å². The fourth-order valence-corrected chi connectivity index (χ4v) is 2.45. The molecule has 0 radical (unpaired) electrons. The molecule has 1 heterocycles. The van der Waals surface area contributed by atoms with Gasteiger partial charge in [-0.25, -0.2) is 0 Å². The summed E-state index contributed by atoms with van der Waals surface area (Å²) in [6, 6.07) is 6.97. The van der Waals surface area contributed by atoms with Gasteiger partial charge < -0.3 is 15.4 Å². The molecule has 0 aliphatic carbocycles. The zero-order chi connectivity index (χ0) is 14.0. The Morgan fingerprint density at radius 2 is 2.00 bits per heavy atom. The van der Waals surface area contributed by atoms with Crippen LogP contribution in [0.5, 0.6) is 0 Å². The van der Waals surface area contributed by atoms with Crippen LogP contribution in [-0.4, -0.2) is 37.0 Å². The lowest BCUT2D eigenvalue weighted by Crippen LogP contribution is -2.30. The van der Waals surface area contributed by atoms with Crippen LogP contribution < -0.4 is 5.73 Å². The summed E-state index contributed by atoms with van der Waals surface area (Å²) in [5, 5.41) is 0. The minimum absolute atomic E-state index is 0.0985. The zero-order valence-corrected chi connectivity index (χ0v) is 11.1. The van der Waals surface area contributed by atoms with E-state index in [1.807, 2.05) is 6.92 Å². The molecular weight excluding hydrogens is 244 g/mol. The first-order chi connectivity index (χ1) is 9.04. The van der Waals surface area contributed by atoms with Gasteiger partial charge in [-0.3, -0.25) is 9.59 Å². The smallest absolute Gasteiger partial charge is 0.310 e. The number of nitrogen functional groups attached to an aromatic ring is 1. The number of hydrogen-bond acceptors (Lipinski definition) is 4. The van der Waals surface area contributed by atoms with E-state index in [1.54, 1.807) is 29.2 Å². The molecule has 1 aromatic rings. The predicted molar refractivity (Wildman–Crippen MR) is 71.4 cm³/mol. The van der Waals surface area contributed by atoms with E-state index in [0.29, 0.717) is 24.3 Å². The molecule has 2 atom stereocenters. The largest absolute Gasteiger partial charge is 0.469 e. The highest BCUT2D eigenvalue weighted by Crippen LogP contribution is 2.26. The standard InChI is InChI=1S/C14H18N2O3/c1-9-7-16(8-11(9)14(18)19-2)13(17)10-5-3-4-6-12(10)15/h3-6,9,11H,7-8,15H2,1-2H3. The van der Waals surface area contributed by atoms with E-state index in [0.717, 1.165) is 0 Å². The fourth-order valence-electron chi connectivity index (χ4n) is 2.45. The number of para-hydroxylation sites is 1. The van der Waals surface area contributed by atoms with Crippen LogP contribution in [0.2, 0.25) is 0 Å². The zero-order valence-electron chi connectivity index (χ0n) is 11.1. The van der Waals surface area contributed by atoms with Crippen molar-refractivity contribution >= 4 is 17.6 Å². The number of anilines is 1. The number of nitrogens with two attached hydrogens (primary N) is 1. The van der Waals surface area contributed by atoms with Gasteiger partial charge in [-0.1, -0.05) is 19.1 Å². The lowest BCUT2D eigenvalue weighted by atomic mass is 9.99. The minimum atomic E-state index is -0.260. The van der Waals surface area contributed by atoms with Crippen molar-refractivity contribution in [1.29, 1.82) is 0 Å². The van der Waals surface area contributed by atoms with Crippen molar-refractivity contribution in [1.82, 2.24) is 4.90 Å². The summed E-state index contributed by atoms with van der Waals surface area (Å²) in [6.07, 6.45) is 0. The van der Waals surface area contributed by atoms with E-state index in [-0.39, 0.29) is 23.7 Å². The number of amides is 1. The van der Waals surface area contributed by atoms with Gasteiger partial charge in [0.25, 0.3) is 5.91 Å². The normalized spacial score (nSPS) is 22.3. The average Bonchev–Trinajstić information content (AvgIpc) is 2.80. The van der Waals surface area contributed by atoms with Crippen molar-refractivity contribution in [3.8, 4) is 0 Å². The maximum absolute atomic E-state index is 12.4. The van der Waals surface area contributed by atoms with Crippen molar-refractivity contribution in [3.05, 3.63) is 29.8 Å². The molecule has 5 nitrogen and oxygen atoms in total. The predicted octanol–water partition coefficient (Wildman–Crippen LogP) is 1.15. The van der Waals surface area contributed by atoms with Gasteiger partial charge in [0.2, 0.25) is 0 Å². The van der Waals surface area contributed by atoms with E-state index in [4.69, 9.17) is 10.5 Å². The Bertz CT molecular complexity index is 501. The van der Waals surface area contributed by atoms with Crippen molar-refractivity contribution in [3.63, 3.8) is 0 Å². The summed E-state index contributed by atoms with van der Waals surface area (Å²) < 4.78 is 4.76. The molecule has 0 spiro atoms. The summed E-state index contributed by atoms with van der Waals surface area (Å²) in [4.78, 5) is 25.6. The highest BCUT2D eigenvalue weighted by molar-refractivity contribution is 5.99. The summed E-state index contributed by atoms with van der Waals surface area (Å²) >= 11 is 0. The van der Waals surface area contributed by atoms with E-state index in [1.165, 1.54) is 7.11 Å². The van der Waals surface area contributed by atoms with Crippen LogP contribution in [0, 0.1) is 11.8 Å². The van der Waals surface area contributed by atoms with Gasteiger partial charge in [-0.2, -0.15) is 0 Å². The lowest BCUT2D eigenvalue weighted by molar-refractivity contribution is -0.146. The van der Waals surface area contributed by atoms with Crippen LogP contribution in [0.4, 0.5) is 5.69 Å². The number of esters is 1. The second-order valence-electron chi connectivity index (χ2n) is 4.90. The highest BCUT2D eigenvalue weighted by atomic mass is 16.5. The number of ether oxygens (including phenoxy) is 1. The highest BCUT2D eigenvalue weighted by Gasteiger charge is 2.38.